The topological polar surface area (TPSA) is 57.2 Å². The number of anilines is 3. The van der Waals surface area contributed by atoms with Crippen LogP contribution < -0.4 is 15.1 Å². The van der Waals surface area contributed by atoms with Crippen LogP contribution in [0.5, 0.6) is 0 Å². The molecule has 6 heteroatoms. The van der Waals surface area contributed by atoms with Gasteiger partial charge in [-0.2, -0.15) is 15.0 Å². The Morgan fingerprint density at radius 3 is 2.35 bits per heavy atom. The van der Waals surface area contributed by atoms with Gasteiger partial charge in [-0.1, -0.05) is 0 Å². The zero-order chi connectivity index (χ0) is 13.9. The number of hydrogen-bond acceptors (Lipinski definition) is 6. The average molecular weight is 276 g/mol. The number of piperidine rings is 1. The van der Waals surface area contributed by atoms with E-state index in [0.717, 1.165) is 31.5 Å². The second-order valence-corrected chi connectivity index (χ2v) is 5.74. The average Bonchev–Trinajstić information content (AvgIpc) is 2.94. The first-order valence-electron chi connectivity index (χ1n) is 7.73. The summed E-state index contributed by atoms with van der Waals surface area (Å²) in [6.45, 7) is 5.41. The Kier molecular flexibility index (Phi) is 3.89. The number of nitrogens with zero attached hydrogens (tertiary/aromatic N) is 5. The SMILES string of the molecule is CNc1nc(N2CCCCC2)nc(N2CCCC2C)n1. The van der Waals surface area contributed by atoms with Crippen LogP contribution in [0.15, 0.2) is 0 Å². The van der Waals surface area contributed by atoms with Crippen molar-refractivity contribution in [3.05, 3.63) is 0 Å². The van der Waals surface area contributed by atoms with Crippen molar-refractivity contribution in [1.29, 1.82) is 0 Å². The van der Waals surface area contributed by atoms with E-state index >= 15 is 0 Å². The molecule has 0 radical (unpaired) electrons. The van der Waals surface area contributed by atoms with Crippen molar-refractivity contribution in [2.45, 2.75) is 45.1 Å². The molecule has 0 saturated carbocycles. The summed E-state index contributed by atoms with van der Waals surface area (Å²) in [5, 5.41) is 3.07. The lowest BCUT2D eigenvalue weighted by molar-refractivity contribution is 0.567. The van der Waals surface area contributed by atoms with Crippen LogP contribution in [0, 0.1) is 0 Å². The highest BCUT2D eigenvalue weighted by Gasteiger charge is 2.25. The molecular formula is C14H24N6. The lowest BCUT2D eigenvalue weighted by Crippen LogP contribution is -2.33. The molecule has 0 aromatic carbocycles. The first-order valence-corrected chi connectivity index (χ1v) is 7.73. The third kappa shape index (κ3) is 2.64. The fourth-order valence-electron chi connectivity index (χ4n) is 3.06. The normalized spacial score (nSPS) is 23.2. The van der Waals surface area contributed by atoms with Crippen molar-refractivity contribution in [1.82, 2.24) is 15.0 Å². The summed E-state index contributed by atoms with van der Waals surface area (Å²) in [4.78, 5) is 18.4. The molecule has 2 saturated heterocycles. The van der Waals surface area contributed by atoms with Gasteiger partial charge in [-0.3, -0.25) is 0 Å². The highest BCUT2D eigenvalue weighted by atomic mass is 15.4. The number of rotatable bonds is 3. The molecule has 20 heavy (non-hydrogen) atoms. The maximum atomic E-state index is 4.73. The summed E-state index contributed by atoms with van der Waals surface area (Å²) in [5.41, 5.74) is 0. The maximum Gasteiger partial charge on any atom is 0.232 e. The van der Waals surface area contributed by atoms with Gasteiger partial charge in [0, 0.05) is 32.7 Å². The predicted molar refractivity (Wildman–Crippen MR) is 81.5 cm³/mol. The molecule has 1 aromatic rings. The highest BCUT2D eigenvalue weighted by Crippen LogP contribution is 2.25. The Morgan fingerprint density at radius 2 is 1.70 bits per heavy atom. The van der Waals surface area contributed by atoms with Crippen molar-refractivity contribution < 1.29 is 0 Å². The fourth-order valence-corrected chi connectivity index (χ4v) is 3.06. The Bertz CT molecular complexity index is 457. The molecule has 1 N–H and O–H groups in total. The van der Waals surface area contributed by atoms with Gasteiger partial charge >= 0.3 is 0 Å². The number of nitrogens with one attached hydrogen (secondary N) is 1. The first kappa shape index (κ1) is 13.4. The second kappa shape index (κ2) is 5.81. The molecule has 2 aliphatic rings. The van der Waals surface area contributed by atoms with Crippen LogP contribution in [-0.4, -0.2) is 47.7 Å². The summed E-state index contributed by atoms with van der Waals surface area (Å²) in [7, 11) is 1.87. The number of aromatic nitrogens is 3. The molecule has 1 unspecified atom stereocenters. The number of hydrogen-bond donors (Lipinski definition) is 1. The minimum absolute atomic E-state index is 0.524. The summed E-state index contributed by atoms with van der Waals surface area (Å²) >= 11 is 0. The van der Waals surface area contributed by atoms with Crippen LogP contribution in [0.3, 0.4) is 0 Å². The Morgan fingerprint density at radius 1 is 0.950 bits per heavy atom. The minimum Gasteiger partial charge on any atom is -0.357 e. The van der Waals surface area contributed by atoms with Crippen LogP contribution >= 0.6 is 0 Å². The van der Waals surface area contributed by atoms with E-state index in [4.69, 9.17) is 4.98 Å². The summed E-state index contributed by atoms with van der Waals surface area (Å²) in [5.74, 6) is 2.34. The molecule has 110 valence electrons. The van der Waals surface area contributed by atoms with Crippen molar-refractivity contribution in [2.75, 3.05) is 41.8 Å². The molecule has 0 aliphatic carbocycles. The standard InChI is InChI=1S/C14H24N6/c1-11-7-6-10-20(11)14-17-12(15-2)16-13(18-14)19-8-4-3-5-9-19/h11H,3-10H2,1-2H3,(H,15,16,17,18). The zero-order valence-corrected chi connectivity index (χ0v) is 12.5. The van der Waals surface area contributed by atoms with Gasteiger partial charge in [0.2, 0.25) is 17.8 Å². The third-order valence-electron chi connectivity index (χ3n) is 4.28. The maximum absolute atomic E-state index is 4.73. The quantitative estimate of drug-likeness (QED) is 0.910. The van der Waals surface area contributed by atoms with Crippen LogP contribution in [0.25, 0.3) is 0 Å². The Balaban J connectivity index is 1.89. The smallest absolute Gasteiger partial charge is 0.232 e. The van der Waals surface area contributed by atoms with E-state index in [0.29, 0.717) is 12.0 Å². The van der Waals surface area contributed by atoms with Crippen molar-refractivity contribution in [3.63, 3.8) is 0 Å². The Hall–Kier alpha value is -1.59. The van der Waals surface area contributed by atoms with Gasteiger partial charge in [0.25, 0.3) is 0 Å². The zero-order valence-electron chi connectivity index (χ0n) is 12.5. The van der Waals surface area contributed by atoms with E-state index in [2.05, 4.69) is 32.0 Å². The molecule has 1 aromatic heterocycles. The van der Waals surface area contributed by atoms with Gasteiger partial charge in [-0.15, -0.1) is 0 Å². The molecule has 3 rings (SSSR count). The van der Waals surface area contributed by atoms with Crippen LogP contribution in [0.4, 0.5) is 17.8 Å². The van der Waals surface area contributed by atoms with E-state index in [1.54, 1.807) is 0 Å². The molecule has 3 heterocycles. The molecular weight excluding hydrogens is 252 g/mol. The van der Waals surface area contributed by atoms with Crippen LogP contribution in [0.1, 0.15) is 39.0 Å². The van der Waals surface area contributed by atoms with Crippen molar-refractivity contribution in [2.24, 2.45) is 0 Å². The highest BCUT2D eigenvalue weighted by molar-refractivity contribution is 5.46. The molecule has 0 spiro atoms. The van der Waals surface area contributed by atoms with E-state index in [1.807, 2.05) is 7.05 Å². The van der Waals surface area contributed by atoms with Gasteiger partial charge in [0.15, 0.2) is 0 Å². The van der Waals surface area contributed by atoms with Gasteiger partial charge in [0.1, 0.15) is 0 Å². The fraction of sp³-hybridized carbons (Fsp3) is 0.786. The molecule has 2 aliphatic heterocycles. The summed E-state index contributed by atoms with van der Waals surface area (Å²) < 4.78 is 0. The lowest BCUT2D eigenvalue weighted by Gasteiger charge is -2.28. The van der Waals surface area contributed by atoms with Crippen molar-refractivity contribution in [3.8, 4) is 0 Å². The van der Waals surface area contributed by atoms with Crippen LogP contribution in [-0.2, 0) is 0 Å². The van der Waals surface area contributed by atoms with E-state index < -0.39 is 0 Å². The van der Waals surface area contributed by atoms with E-state index in [1.165, 1.54) is 32.1 Å². The van der Waals surface area contributed by atoms with Gasteiger partial charge < -0.3 is 15.1 Å². The molecule has 1 atom stereocenters. The molecule has 0 amide bonds. The second-order valence-electron chi connectivity index (χ2n) is 5.74. The van der Waals surface area contributed by atoms with Gasteiger partial charge in [-0.05, 0) is 39.0 Å². The molecule has 2 fully saturated rings. The van der Waals surface area contributed by atoms with E-state index in [-0.39, 0.29) is 0 Å². The lowest BCUT2D eigenvalue weighted by atomic mass is 10.1. The summed E-state index contributed by atoms with van der Waals surface area (Å²) in [6.07, 6.45) is 6.23. The van der Waals surface area contributed by atoms with E-state index in [9.17, 15) is 0 Å². The summed E-state index contributed by atoms with van der Waals surface area (Å²) in [6, 6.07) is 0.524. The van der Waals surface area contributed by atoms with Crippen molar-refractivity contribution >= 4 is 17.8 Å². The van der Waals surface area contributed by atoms with Crippen LogP contribution in [0.2, 0.25) is 0 Å². The molecule has 6 nitrogen and oxygen atoms in total. The minimum atomic E-state index is 0.524. The molecule has 0 bridgehead atoms. The Labute approximate surface area is 120 Å². The van der Waals surface area contributed by atoms with Gasteiger partial charge in [0.05, 0.1) is 0 Å². The predicted octanol–water partition coefficient (Wildman–Crippen LogP) is 1.89. The monoisotopic (exact) mass is 276 g/mol. The third-order valence-corrected chi connectivity index (χ3v) is 4.28. The largest absolute Gasteiger partial charge is 0.357 e. The first-order chi connectivity index (χ1) is 9.78. The van der Waals surface area contributed by atoms with Gasteiger partial charge in [-0.25, -0.2) is 0 Å².